The predicted molar refractivity (Wildman–Crippen MR) is 166 cm³/mol. The van der Waals surface area contributed by atoms with Gasteiger partial charge in [0.2, 0.25) is 0 Å². The highest BCUT2D eigenvalue weighted by Crippen LogP contribution is 2.48. The summed E-state index contributed by atoms with van der Waals surface area (Å²) in [6, 6.07) is 9.07. The number of unbranched alkanes of at least 4 members (excludes halogenated alkanes) is 3. The molecule has 0 heterocycles. The first-order valence-electron chi connectivity index (χ1n) is 14.8. The Balaban J connectivity index is 3.02. The van der Waals surface area contributed by atoms with Crippen LogP contribution in [-0.4, -0.2) is 10.2 Å². The Morgan fingerprint density at radius 3 is 1.00 bits per heavy atom. The minimum absolute atomic E-state index is 0.189. The van der Waals surface area contributed by atoms with Crippen molar-refractivity contribution in [3.63, 3.8) is 0 Å². The van der Waals surface area contributed by atoms with E-state index in [0.717, 1.165) is 35.1 Å². The summed E-state index contributed by atoms with van der Waals surface area (Å²) in [4.78, 5) is 0. The van der Waals surface area contributed by atoms with Crippen LogP contribution in [0.2, 0.25) is 0 Å². The second-order valence-electron chi connectivity index (χ2n) is 16.0. The molecule has 0 aliphatic heterocycles. The molecule has 2 aromatic carbocycles. The molecule has 2 N–H and O–H groups in total. The lowest BCUT2D eigenvalue weighted by Crippen LogP contribution is -2.28. The molecule has 0 saturated carbocycles. The van der Waals surface area contributed by atoms with Crippen LogP contribution in [0, 0.1) is 0 Å². The fourth-order valence-electron chi connectivity index (χ4n) is 5.55. The minimum Gasteiger partial charge on any atom is -0.507 e. The molecule has 0 spiro atoms. The molecule has 2 rings (SSSR count). The molecular formula is C36H58O2. The third kappa shape index (κ3) is 6.97. The van der Waals surface area contributed by atoms with Gasteiger partial charge in [0.15, 0.2) is 0 Å². The van der Waals surface area contributed by atoms with E-state index in [9.17, 15) is 10.2 Å². The molecule has 0 bridgehead atoms. The fraction of sp³-hybridized carbons (Fsp3) is 0.667. The summed E-state index contributed by atoms with van der Waals surface area (Å²) in [6.07, 6.45) is 5.81. The Labute approximate surface area is 235 Å². The molecule has 38 heavy (non-hydrogen) atoms. The van der Waals surface area contributed by atoms with Gasteiger partial charge in [-0.3, -0.25) is 0 Å². The molecule has 0 aliphatic carbocycles. The summed E-state index contributed by atoms with van der Waals surface area (Å²) in [6.45, 7) is 30.9. The van der Waals surface area contributed by atoms with Crippen LogP contribution in [0.4, 0.5) is 0 Å². The summed E-state index contributed by atoms with van der Waals surface area (Å²) < 4.78 is 0. The van der Waals surface area contributed by atoms with Gasteiger partial charge in [0.05, 0.1) is 0 Å². The van der Waals surface area contributed by atoms with Crippen molar-refractivity contribution in [1.29, 1.82) is 0 Å². The highest BCUT2D eigenvalue weighted by molar-refractivity contribution is 5.57. The average Bonchev–Trinajstić information content (AvgIpc) is 2.73. The Hall–Kier alpha value is -1.96. The van der Waals surface area contributed by atoms with Gasteiger partial charge in [0.25, 0.3) is 0 Å². The van der Waals surface area contributed by atoms with E-state index in [-0.39, 0.29) is 27.1 Å². The third-order valence-electron chi connectivity index (χ3n) is 8.26. The molecule has 0 aliphatic rings. The lowest BCUT2D eigenvalue weighted by atomic mass is 9.67. The van der Waals surface area contributed by atoms with Crippen molar-refractivity contribution in [2.45, 2.75) is 156 Å². The SMILES string of the molecule is CCCCCCC(C)(c1cc(C(C)(C)C)c(O)c(C(C)(C)C)c1)c1cc(C(C)(C)C)c(O)c(C(C)(C)C)c1. The Morgan fingerprint density at radius 2 is 0.763 bits per heavy atom. The molecule has 2 nitrogen and oxygen atoms in total. The first-order chi connectivity index (χ1) is 17.0. The van der Waals surface area contributed by atoms with Crippen LogP contribution in [-0.2, 0) is 27.1 Å². The second-order valence-corrected chi connectivity index (χ2v) is 16.0. The van der Waals surface area contributed by atoms with Gasteiger partial charge >= 0.3 is 0 Å². The van der Waals surface area contributed by atoms with Gasteiger partial charge in [-0.05, 0) is 61.5 Å². The fourth-order valence-corrected chi connectivity index (χ4v) is 5.55. The number of rotatable bonds is 7. The molecule has 0 aromatic heterocycles. The van der Waals surface area contributed by atoms with Crippen molar-refractivity contribution in [3.05, 3.63) is 57.6 Å². The van der Waals surface area contributed by atoms with Gasteiger partial charge in [-0.2, -0.15) is 0 Å². The summed E-state index contributed by atoms with van der Waals surface area (Å²) in [5.41, 5.74) is 5.51. The van der Waals surface area contributed by atoms with Crippen LogP contribution in [0.1, 0.15) is 162 Å². The Bertz CT molecular complexity index is 956. The number of hydrogen-bond donors (Lipinski definition) is 2. The van der Waals surface area contributed by atoms with Crippen LogP contribution in [0.15, 0.2) is 24.3 Å². The zero-order chi connectivity index (χ0) is 29.5. The topological polar surface area (TPSA) is 40.5 Å². The van der Waals surface area contributed by atoms with Crippen molar-refractivity contribution in [2.75, 3.05) is 0 Å². The molecule has 0 atom stereocenters. The molecule has 0 saturated heterocycles. The third-order valence-corrected chi connectivity index (χ3v) is 8.26. The van der Waals surface area contributed by atoms with E-state index < -0.39 is 0 Å². The van der Waals surface area contributed by atoms with Gasteiger partial charge in [0, 0.05) is 5.41 Å². The smallest absolute Gasteiger partial charge is 0.123 e. The van der Waals surface area contributed by atoms with Crippen LogP contribution in [0.3, 0.4) is 0 Å². The maximum atomic E-state index is 11.5. The largest absolute Gasteiger partial charge is 0.507 e. The number of hydrogen-bond acceptors (Lipinski definition) is 2. The van der Waals surface area contributed by atoms with Crippen molar-refractivity contribution in [2.24, 2.45) is 0 Å². The average molecular weight is 523 g/mol. The summed E-state index contributed by atoms with van der Waals surface area (Å²) in [7, 11) is 0. The Morgan fingerprint density at radius 1 is 0.474 bits per heavy atom. The van der Waals surface area contributed by atoms with E-state index in [1.54, 1.807) is 0 Å². The second kappa shape index (κ2) is 10.9. The van der Waals surface area contributed by atoms with Crippen LogP contribution < -0.4 is 0 Å². The lowest BCUT2D eigenvalue weighted by molar-refractivity contribution is 0.414. The first kappa shape index (κ1) is 32.3. The maximum Gasteiger partial charge on any atom is 0.123 e. The van der Waals surface area contributed by atoms with Crippen molar-refractivity contribution in [3.8, 4) is 11.5 Å². The molecule has 214 valence electrons. The van der Waals surface area contributed by atoms with E-state index >= 15 is 0 Å². The maximum absolute atomic E-state index is 11.5. The first-order valence-corrected chi connectivity index (χ1v) is 14.8. The van der Waals surface area contributed by atoms with E-state index in [1.165, 1.54) is 30.4 Å². The summed E-state index contributed by atoms with van der Waals surface area (Å²) in [5.74, 6) is 0.858. The number of phenols is 2. The molecule has 0 unspecified atom stereocenters. The summed E-state index contributed by atoms with van der Waals surface area (Å²) >= 11 is 0. The van der Waals surface area contributed by atoms with E-state index in [2.05, 4.69) is 121 Å². The molecule has 0 amide bonds. The highest BCUT2D eigenvalue weighted by Gasteiger charge is 2.37. The van der Waals surface area contributed by atoms with Gasteiger partial charge in [-0.1, -0.05) is 147 Å². The number of phenolic OH excluding ortho intramolecular Hbond substituents is 2. The van der Waals surface area contributed by atoms with Gasteiger partial charge in [0.1, 0.15) is 11.5 Å². The minimum atomic E-state index is -0.269. The van der Waals surface area contributed by atoms with Gasteiger partial charge in [-0.15, -0.1) is 0 Å². The van der Waals surface area contributed by atoms with Crippen LogP contribution in [0.5, 0.6) is 11.5 Å². The standard InChI is InChI=1S/C36H58O2/c1-15-16-17-18-19-36(14,24-20-26(32(2,3)4)30(37)27(21-24)33(5,6)7)25-22-28(34(8,9)10)31(38)29(23-25)35(11,12)13/h20-23,37-38H,15-19H2,1-14H3. The monoisotopic (exact) mass is 522 g/mol. The van der Waals surface area contributed by atoms with Gasteiger partial charge in [-0.25, -0.2) is 0 Å². The quantitative estimate of drug-likeness (QED) is 0.355. The summed E-state index contributed by atoms with van der Waals surface area (Å²) in [5, 5.41) is 22.9. The van der Waals surface area contributed by atoms with Crippen molar-refractivity contribution >= 4 is 0 Å². The highest BCUT2D eigenvalue weighted by atomic mass is 16.3. The zero-order valence-electron chi connectivity index (χ0n) is 27.2. The van der Waals surface area contributed by atoms with E-state index in [4.69, 9.17) is 0 Å². The van der Waals surface area contributed by atoms with Crippen molar-refractivity contribution < 1.29 is 10.2 Å². The van der Waals surface area contributed by atoms with Crippen LogP contribution >= 0.6 is 0 Å². The zero-order valence-corrected chi connectivity index (χ0v) is 27.2. The predicted octanol–water partition coefficient (Wildman–Crippen LogP) is 10.6. The normalized spacial score (nSPS) is 13.7. The van der Waals surface area contributed by atoms with E-state index in [1.807, 2.05) is 0 Å². The van der Waals surface area contributed by atoms with Crippen molar-refractivity contribution in [1.82, 2.24) is 0 Å². The lowest BCUT2D eigenvalue weighted by Gasteiger charge is -2.38. The molecule has 2 heteroatoms. The Kier molecular flexibility index (Phi) is 9.25. The molecular weight excluding hydrogens is 464 g/mol. The van der Waals surface area contributed by atoms with Gasteiger partial charge < -0.3 is 10.2 Å². The molecule has 2 aromatic rings. The number of benzene rings is 2. The molecule has 0 fully saturated rings. The van der Waals surface area contributed by atoms with E-state index in [0.29, 0.717) is 11.5 Å². The van der Waals surface area contributed by atoms with Crippen LogP contribution in [0.25, 0.3) is 0 Å². The number of aromatic hydroxyl groups is 2. The molecule has 0 radical (unpaired) electrons.